The first kappa shape index (κ1) is 16.3. The molecule has 1 N–H and O–H groups in total. The molecule has 5 nitrogen and oxygen atoms in total. The van der Waals surface area contributed by atoms with Gasteiger partial charge in [0.2, 0.25) is 10.0 Å². The topological polar surface area (TPSA) is 64.6 Å². The number of nitrogens with one attached hydrogen (secondary N) is 1. The third kappa shape index (κ3) is 4.98. The highest BCUT2D eigenvalue weighted by Crippen LogP contribution is 2.21. The molecule has 6 heteroatoms. The molecule has 1 fully saturated rings. The van der Waals surface area contributed by atoms with Crippen molar-refractivity contribution in [3.8, 4) is 5.75 Å². The Balaban J connectivity index is 1.95. The Morgan fingerprint density at radius 3 is 2.38 bits per heavy atom. The Morgan fingerprint density at radius 1 is 1.10 bits per heavy atom. The number of hydrogen-bond acceptors (Lipinski definition) is 4. The van der Waals surface area contributed by atoms with Crippen molar-refractivity contribution in [1.82, 2.24) is 4.72 Å². The van der Waals surface area contributed by atoms with Crippen molar-refractivity contribution in [2.24, 2.45) is 0 Å². The van der Waals surface area contributed by atoms with Gasteiger partial charge in [0.05, 0.1) is 11.5 Å². The zero-order chi connectivity index (χ0) is 15.1. The molecule has 0 radical (unpaired) electrons. The van der Waals surface area contributed by atoms with Gasteiger partial charge in [0, 0.05) is 13.2 Å². The number of sulfonamides is 1. The molecular formula is C15H23NO4S. The van der Waals surface area contributed by atoms with Crippen LogP contribution in [0.1, 0.15) is 32.1 Å². The van der Waals surface area contributed by atoms with Gasteiger partial charge in [0.1, 0.15) is 12.4 Å². The second kappa shape index (κ2) is 7.77. The monoisotopic (exact) mass is 313 g/mol. The van der Waals surface area contributed by atoms with Crippen LogP contribution in [0.3, 0.4) is 0 Å². The molecule has 118 valence electrons. The van der Waals surface area contributed by atoms with E-state index in [-0.39, 0.29) is 10.9 Å². The van der Waals surface area contributed by atoms with Crippen molar-refractivity contribution in [2.75, 3.05) is 20.3 Å². The molecule has 1 saturated carbocycles. The highest BCUT2D eigenvalue weighted by molar-refractivity contribution is 7.89. The van der Waals surface area contributed by atoms with Crippen molar-refractivity contribution in [3.63, 3.8) is 0 Å². The van der Waals surface area contributed by atoms with E-state index < -0.39 is 10.0 Å². The lowest BCUT2D eigenvalue weighted by Gasteiger charge is -2.22. The highest BCUT2D eigenvalue weighted by Gasteiger charge is 2.21. The summed E-state index contributed by atoms with van der Waals surface area (Å²) >= 11 is 0. The van der Waals surface area contributed by atoms with E-state index in [1.807, 2.05) is 0 Å². The van der Waals surface area contributed by atoms with Gasteiger partial charge in [-0.3, -0.25) is 0 Å². The normalized spacial score (nSPS) is 16.8. The van der Waals surface area contributed by atoms with E-state index in [1.54, 1.807) is 31.4 Å². The van der Waals surface area contributed by atoms with Gasteiger partial charge in [-0.2, -0.15) is 0 Å². The van der Waals surface area contributed by atoms with E-state index in [2.05, 4.69) is 4.72 Å². The first-order chi connectivity index (χ1) is 10.1. The maximum absolute atomic E-state index is 12.3. The summed E-state index contributed by atoms with van der Waals surface area (Å²) in [5, 5.41) is 0. The Hall–Kier alpha value is -1.11. The standard InChI is InChI=1S/C15H23NO4S/c1-19-11-12-20-14-7-9-15(10-8-14)21(17,18)16-13-5-3-2-4-6-13/h7-10,13,16H,2-6,11-12H2,1H3. The maximum atomic E-state index is 12.3. The average molecular weight is 313 g/mol. The lowest BCUT2D eigenvalue weighted by molar-refractivity contribution is 0.146. The summed E-state index contributed by atoms with van der Waals surface area (Å²) in [7, 11) is -1.82. The summed E-state index contributed by atoms with van der Waals surface area (Å²) in [6.07, 6.45) is 5.25. The zero-order valence-corrected chi connectivity index (χ0v) is 13.2. The van der Waals surface area contributed by atoms with Crippen LogP contribution in [-0.4, -0.2) is 34.8 Å². The summed E-state index contributed by atoms with van der Waals surface area (Å²) in [5.74, 6) is 0.642. The smallest absolute Gasteiger partial charge is 0.240 e. The minimum absolute atomic E-state index is 0.0707. The molecular weight excluding hydrogens is 290 g/mol. The number of methoxy groups -OCH3 is 1. The number of rotatable bonds is 7. The van der Waals surface area contributed by atoms with Crippen LogP contribution < -0.4 is 9.46 Å². The molecule has 0 aromatic heterocycles. The molecule has 0 bridgehead atoms. The Kier molecular flexibility index (Phi) is 6.02. The molecule has 1 aliphatic rings. The average Bonchev–Trinajstić information content (AvgIpc) is 2.49. The molecule has 0 aliphatic heterocycles. The van der Waals surface area contributed by atoms with Crippen LogP contribution in [0.5, 0.6) is 5.75 Å². The zero-order valence-electron chi connectivity index (χ0n) is 12.4. The van der Waals surface area contributed by atoms with Crippen molar-refractivity contribution >= 4 is 10.0 Å². The molecule has 0 spiro atoms. The largest absolute Gasteiger partial charge is 0.491 e. The van der Waals surface area contributed by atoms with Crippen molar-refractivity contribution in [3.05, 3.63) is 24.3 Å². The SMILES string of the molecule is COCCOc1ccc(S(=O)(=O)NC2CCCCC2)cc1. The van der Waals surface area contributed by atoms with Crippen LogP contribution in [0.2, 0.25) is 0 Å². The Morgan fingerprint density at radius 2 is 1.76 bits per heavy atom. The lowest BCUT2D eigenvalue weighted by Crippen LogP contribution is -2.36. The van der Waals surface area contributed by atoms with Crippen LogP contribution in [0, 0.1) is 0 Å². The number of hydrogen-bond donors (Lipinski definition) is 1. The lowest BCUT2D eigenvalue weighted by atomic mass is 9.96. The molecule has 2 rings (SSSR count). The van der Waals surface area contributed by atoms with E-state index >= 15 is 0 Å². The van der Waals surface area contributed by atoms with E-state index in [4.69, 9.17) is 9.47 Å². The minimum Gasteiger partial charge on any atom is -0.491 e. The van der Waals surface area contributed by atoms with Crippen molar-refractivity contribution in [1.29, 1.82) is 0 Å². The van der Waals surface area contributed by atoms with Crippen molar-refractivity contribution < 1.29 is 17.9 Å². The second-order valence-electron chi connectivity index (χ2n) is 5.27. The summed E-state index contributed by atoms with van der Waals surface area (Å²) in [6.45, 7) is 0.951. The molecule has 0 amide bonds. The van der Waals surface area contributed by atoms with Gasteiger partial charge in [-0.1, -0.05) is 19.3 Å². The quantitative estimate of drug-likeness (QED) is 0.785. The minimum atomic E-state index is -3.43. The number of ether oxygens (including phenoxy) is 2. The molecule has 0 heterocycles. The van der Waals surface area contributed by atoms with Crippen LogP contribution >= 0.6 is 0 Å². The molecule has 21 heavy (non-hydrogen) atoms. The first-order valence-electron chi connectivity index (χ1n) is 7.36. The fourth-order valence-electron chi connectivity index (χ4n) is 2.47. The molecule has 0 unspecified atom stereocenters. The van der Waals surface area contributed by atoms with Gasteiger partial charge in [-0.15, -0.1) is 0 Å². The van der Waals surface area contributed by atoms with E-state index in [0.29, 0.717) is 19.0 Å². The molecule has 1 aromatic rings. The van der Waals surface area contributed by atoms with E-state index in [0.717, 1.165) is 25.7 Å². The summed E-state index contributed by atoms with van der Waals surface area (Å²) in [6, 6.07) is 6.57. The van der Waals surface area contributed by atoms with Gasteiger partial charge < -0.3 is 9.47 Å². The van der Waals surface area contributed by atoms with E-state index in [1.165, 1.54) is 6.42 Å². The summed E-state index contributed by atoms with van der Waals surface area (Å²) in [4.78, 5) is 0.284. The second-order valence-corrected chi connectivity index (χ2v) is 6.98. The van der Waals surface area contributed by atoms with Crippen molar-refractivity contribution in [2.45, 2.75) is 43.0 Å². The predicted octanol–water partition coefficient (Wildman–Crippen LogP) is 2.32. The first-order valence-corrected chi connectivity index (χ1v) is 8.84. The summed E-state index contributed by atoms with van der Waals surface area (Å²) in [5.41, 5.74) is 0. The molecule has 1 aliphatic carbocycles. The molecule has 0 atom stereocenters. The third-order valence-corrected chi connectivity index (χ3v) is 5.15. The van der Waals surface area contributed by atoms with Crippen LogP contribution in [0.25, 0.3) is 0 Å². The van der Waals surface area contributed by atoms with Gasteiger partial charge in [-0.05, 0) is 37.1 Å². The molecule has 0 saturated heterocycles. The van der Waals surface area contributed by atoms with Crippen LogP contribution in [0.4, 0.5) is 0 Å². The van der Waals surface area contributed by atoms with Gasteiger partial charge >= 0.3 is 0 Å². The maximum Gasteiger partial charge on any atom is 0.240 e. The van der Waals surface area contributed by atoms with Crippen LogP contribution in [-0.2, 0) is 14.8 Å². The van der Waals surface area contributed by atoms with Gasteiger partial charge in [0.25, 0.3) is 0 Å². The Labute approximate surface area is 126 Å². The molecule has 1 aromatic carbocycles. The predicted molar refractivity (Wildman–Crippen MR) is 81.0 cm³/mol. The van der Waals surface area contributed by atoms with Gasteiger partial charge in [0.15, 0.2) is 0 Å². The summed E-state index contributed by atoms with van der Waals surface area (Å²) < 4.78 is 37.7. The van der Waals surface area contributed by atoms with E-state index in [9.17, 15) is 8.42 Å². The number of benzene rings is 1. The fraction of sp³-hybridized carbons (Fsp3) is 0.600. The fourth-order valence-corrected chi connectivity index (χ4v) is 3.77. The van der Waals surface area contributed by atoms with Gasteiger partial charge in [-0.25, -0.2) is 13.1 Å². The highest BCUT2D eigenvalue weighted by atomic mass is 32.2. The van der Waals surface area contributed by atoms with Crippen LogP contribution in [0.15, 0.2) is 29.2 Å². The third-order valence-electron chi connectivity index (χ3n) is 3.62. The Bertz CT molecular complexity index is 521.